The second kappa shape index (κ2) is 8.83. The van der Waals surface area contributed by atoms with Gasteiger partial charge in [-0.15, -0.1) is 0 Å². The number of carbonyl (C=O) groups is 2. The van der Waals surface area contributed by atoms with Gasteiger partial charge in [-0.25, -0.2) is 0 Å². The molecule has 2 N–H and O–H groups in total. The Bertz CT molecular complexity index is 741. The van der Waals surface area contributed by atoms with Crippen molar-refractivity contribution in [2.75, 3.05) is 25.0 Å². The van der Waals surface area contributed by atoms with E-state index in [4.69, 9.17) is 11.6 Å². The minimum Gasteiger partial charge on any atom is -0.349 e. The lowest BCUT2D eigenvalue weighted by Crippen LogP contribution is -2.46. The van der Waals surface area contributed by atoms with Crippen molar-refractivity contribution < 1.29 is 9.59 Å². The van der Waals surface area contributed by atoms with Gasteiger partial charge in [0.2, 0.25) is 5.91 Å². The van der Waals surface area contributed by atoms with E-state index in [1.165, 1.54) is 0 Å². The van der Waals surface area contributed by atoms with Gasteiger partial charge in [-0.05, 0) is 49.2 Å². The molecule has 136 valence electrons. The molecule has 0 atom stereocenters. The van der Waals surface area contributed by atoms with Gasteiger partial charge in [-0.2, -0.15) is 0 Å². The van der Waals surface area contributed by atoms with Crippen molar-refractivity contribution in [2.24, 2.45) is 0 Å². The number of piperidine rings is 1. The van der Waals surface area contributed by atoms with Crippen molar-refractivity contribution >= 4 is 29.1 Å². The summed E-state index contributed by atoms with van der Waals surface area (Å²) in [5, 5.41) is 6.59. The zero-order chi connectivity index (χ0) is 18.4. The molecule has 1 saturated heterocycles. The standard InChI is InChI=1S/C20H22ClN3O2/c21-16-6-8-17(9-7-16)22-19(25)14-24-12-10-18(11-13-24)23-20(26)15-4-2-1-3-5-15/h1-9,18H,10-14H2,(H,22,25)(H,23,26). The molecule has 26 heavy (non-hydrogen) atoms. The highest BCUT2D eigenvalue weighted by Gasteiger charge is 2.22. The lowest BCUT2D eigenvalue weighted by Gasteiger charge is -2.31. The first kappa shape index (κ1) is 18.4. The van der Waals surface area contributed by atoms with Crippen LogP contribution >= 0.6 is 11.6 Å². The summed E-state index contributed by atoms with van der Waals surface area (Å²) in [5.41, 5.74) is 1.42. The molecule has 2 aromatic rings. The number of hydrogen-bond donors (Lipinski definition) is 2. The van der Waals surface area contributed by atoms with Gasteiger partial charge < -0.3 is 10.6 Å². The van der Waals surface area contributed by atoms with Crippen LogP contribution in [0.4, 0.5) is 5.69 Å². The maximum atomic E-state index is 12.2. The summed E-state index contributed by atoms with van der Waals surface area (Å²) in [6.45, 7) is 1.92. The molecular weight excluding hydrogens is 350 g/mol. The number of benzene rings is 2. The van der Waals surface area contributed by atoms with Crippen molar-refractivity contribution in [2.45, 2.75) is 18.9 Å². The van der Waals surface area contributed by atoms with Crippen LogP contribution in [0.15, 0.2) is 54.6 Å². The van der Waals surface area contributed by atoms with Crippen LogP contribution in [0.2, 0.25) is 5.02 Å². The molecule has 0 bridgehead atoms. The normalized spacial score (nSPS) is 15.4. The molecule has 1 aliphatic rings. The molecule has 1 heterocycles. The maximum absolute atomic E-state index is 12.2. The highest BCUT2D eigenvalue weighted by atomic mass is 35.5. The van der Waals surface area contributed by atoms with E-state index in [2.05, 4.69) is 15.5 Å². The number of anilines is 1. The lowest BCUT2D eigenvalue weighted by atomic mass is 10.0. The summed E-state index contributed by atoms with van der Waals surface area (Å²) in [4.78, 5) is 26.5. The number of rotatable bonds is 5. The Morgan fingerprint density at radius 3 is 2.31 bits per heavy atom. The third-order valence-electron chi connectivity index (χ3n) is 4.45. The molecule has 2 aromatic carbocycles. The zero-order valence-corrected chi connectivity index (χ0v) is 15.2. The highest BCUT2D eigenvalue weighted by Crippen LogP contribution is 2.14. The van der Waals surface area contributed by atoms with Crippen LogP contribution in [0.1, 0.15) is 23.2 Å². The van der Waals surface area contributed by atoms with E-state index in [-0.39, 0.29) is 17.9 Å². The summed E-state index contributed by atoms with van der Waals surface area (Å²) in [6, 6.07) is 16.4. The molecule has 0 radical (unpaired) electrons. The average Bonchev–Trinajstić information content (AvgIpc) is 2.66. The Labute approximate surface area is 158 Å². The molecule has 6 heteroatoms. The number of carbonyl (C=O) groups excluding carboxylic acids is 2. The van der Waals surface area contributed by atoms with E-state index in [0.29, 0.717) is 17.1 Å². The number of halogens is 1. The molecule has 0 spiro atoms. The van der Waals surface area contributed by atoms with Gasteiger partial charge >= 0.3 is 0 Å². The third kappa shape index (κ3) is 5.31. The average molecular weight is 372 g/mol. The van der Waals surface area contributed by atoms with Gasteiger partial charge in [0.15, 0.2) is 0 Å². The number of hydrogen-bond acceptors (Lipinski definition) is 3. The number of amides is 2. The van der Waals surface area contributed by atoms with Gasteiger partial charge in [-0.3, -0.25) is 14.5 Å². The molecule has 0 aromatic heterocycles. The van der Waals surface area contributed by atoms with Crippen molar-refractivity contribution in [1.82, 2.24) is 10.2 Å². The molecule has 0 aliphatic carbocycles. The van der Waals surface area contributed by atoms with Crippen LogP contribution < -0.4 is 10.6 Å². The predicted molar refractivity (Wildman–Crippen MR) is 103 cm³/mol. The second-order valence-corrected chi connectivity index (χ2v) is 6.88. The molecule has 0 saturated carbocycles. The van der Waals surface area contributed by atoms with Crippen LogP contribution in [0, 0.1) is 0 Å². The van der Waals surface area contributed by atoms with Crippen LogP contribution in [-0.4, -0.2) is 42.4 Å². The first-order valence-corrected chi connectivity index (χ1v) is 9.11. The van der Waals surface area contributed by atoms with Crippen molar-refractivity contribution in [3.8, 4) is 0 Å². The van der Waals surface area contributed by atoms with E-state index in [0.717, 1.165) is 31.6 Å². The lowest BCUT2D eigenvalue weighted by molar-refractivity contribution is -0.117. The molecule has 0 unspecified atom stereocenters. The van der Waals surface area contributed by atoms with Gasteiger partial charge in [0.25, 0.3) is 5.91 Å². The third-order valence-corrected chi connectivity index (χ3v) is 4.71. The van der Waals surface area contributed by atoms with Crippen molar-refractivity contribution in [1.29, 1.82) is 0 Å². The van der Waals surface area contributed by atoms with Crippen LogP contribution in [-0.2, 0) is 4.79 Å². The molecule has 3 rings (SSSR count). The van der Waals surface area contributed by atoms with E-state index in [9.17, 15) is 9.59 Å². The largest absolute Gasteiger partial charge is 0.349 e. The first-order chi connectivity index (χ1) is 12.6. The number of nitrogens with one attached hydrogen (secondary N) is 2. The van der Waals surface area contributed by atoms with Crippen molar-refractivity contribution in [3.63, 3.8) is 0 Å². The number of likely N-dealkylation sites (tertiary alicyclic amines) is 1. The summed E-state index contributed by atoms with van der Waals surface area (Å²) in [6.07, 6.45) is 1.68. The second-order valence-electron chi connectivity index (χ2n) is 6.44. The monoisotopic (exact) mass is 371 g/mol. The van der Waals surface area contributed by atoms with Crippen LogP contribution in [0.25, 0.3) is 0 Å². The van der Waals surface area contributed by atoms with Crippen LogP contribution in [0.5, 0.6) is 0 Å². The summed E-state index contributed by atoms with van der Waals surface area (Å²) >= 11 is 5.84. The zero-order valence-electron chi connectivity index (χ0n) is 14.5. The van der Waals surface area contributed by atoms with Gasteiger partial charge in [0.1, 0.15) is 0 Å². The highest BCUT2D eigenvalue weighted by molar-refractivity contribution is 6.30. The van der Waals surface area contributed by atoms with E-state index in [1.807, 2.05) is 30.3 Å². The summed E-state index contributed by atoms with van der Waals surface area (Å²) in [5.74, 6) is -0.0800. The van der Waals surface area contributed by atoms with Gasteiger partial charge in [0, 0.05) is 35.4 Å². The minimum atomic E-state index is -0.0425. The van der Waals surface area contributed by atoms with E-state index < -0.39 is 0 Å². The van der Waals surface area contributed by atoms with Crippen molar-refractivity contribution in [3.05, 3.63) is 65.2 Å². The molecule has 5 nitrogen and oxygen atoms in total. The Hall–Kier alpha value is -2.37. The summed E-state index contributed by atoms with van der Waals surface area (Å²) in [7, 11) is 0. The Morgan fingerprint density at radius 1 is 1.00 bits per heavy atom. The predicted octanol–water partition coefficient (Wildman–Crippen LogP) is 3.17. The molecule has 1 fully saturated rings. The molecule has 1 aliphatic heterocycles. The SMILES string of the molecule is O=C(CN1CCC(NC(=O)c2ccccc2)CC1)Nc1ccc(Cl)cc1. The van der Waals surface area contributed by atoms with E-state index in [1.54, 1.807) is 24.3 Å². The number of nitrogens with zero attached hydrogens (tertiary/aromatic N) is 1. The molecule has 2 amide bonds. The fourth-order valence-electron chi connectivity index (χ4n) is 3.03. The van der Waals surface area contributed by atoms with Gasteiger partial charge in [-0.1, -0.05) is 29.8 Å². The van der Waals surface area contributed by atoms with E-state index >= 15 is 0 Å². The fraction of sp³-hybridized carbons (Fsp3) is 0.300. The maximum Gasteiger partial charge on any atom is 0.251 e. The summed E-state index contributed by atoms with van der Waals surface area (Å²) < 4.78 is 0. The molecular formula is C20H22ClN3O2. The van der Waals surface area contributed by atoms with Crippen LogP contribution in [0.3, 0.4) is 0 Å². The quantitative estimate of drug-likeness (QED) is 0.848. The Balaban J connectivity index is 1.41. The minimum absolute atomic E-state index is 0.0375. The topological polar surface area (TPSA) is 61.4 Å². The fourth-order valence-corrected chi connectivity index (χ4v) is 3.16. The smallest absolute Gasteiger partial charge is 0.251 e. The van der Waals surface area contributed by atoms with Gasteiger partial charge in [0.05, 0.1) is 6.54 Å². The first-order valence-electron chi connectivity index (χ1n) is 8.74. The Morgan fingerprint density at radius 2 is 1.65 bits per heavy atom. The Kier molecular flexibility index (Phi) is 6.26.